The molecule has 0 saturated carbocycles. The Morgan fingerprint density at radius 3 is 2.67 bits per heavy atom. The van der Waals surface area contributed by atoms with E-state index < -0.39 is 5.97 Å². The SMILES string of the molecule is CN1CC(NC(=O)NCCCCCCC(=O)O)CCC1=O. The van der Waals surface area contributed by atoms with Crippen LogP contribution in [0.4, 0.5) is 4.79 Å². The molecule has 1 unspecified atom stereocenters. The van der Waals surface area contributed by atoms with Gasteiger partial charge in [-0.25, -0.2) is 4.79 Å². The number of aliphatic carboxylic acids is 1. The third-order valence-electron chi connectivity index (χ3n) is 3.56. The third-order valence-corrected chi connectivity index (χ3v) is 3.56. The van der Waals surface area contributed by atoms with Gasteiger partial charge in [-0.3, -0.25) is 9.59 Å². The summed E-state index contributed by atoms with van der Waals surface area (Å²) in [6.07, 6.45) is 4.68. The van der Waals surface area contributed by atoms with E-state index in [1.165, 1.54) is 0 Å². The minimum atomic E-state index is -0.761. The number of nitrogens with one attached hydrogen (secondary N) is 2. The Labute approximate surface area is 125 Å². The average molecular weight is 299 g/mol. The van der Waals surface area contributed by atoms with Crippen LogP contribution in [0.15, 0.2) is 0 Å². The number of carboxylic acids is 1. The normalized spacial score (nSPS) is 18.4. The summed E-state index contributed by atoms with van der Waals surface area (Å²) in [6.45, 7) is 1.14. The zero-order chi connectivity index (χ0) is 15.7. The van der Waals surface area contributed by atoms with E-state index in [9.17, 15) is 14.4 Å². The number of amides is 3. The monoisotopic (exact) mass is 299 g/mol. The molecule has 1 aliphatic heterocycles. The maximum atomic E-state index is 11.7. The summed E-state index contributed by atoms with van der Waals surface area (Å²) in [6, 6.07) is -0.184. The first-order chi connectivity index (χ1) is 9.99. The average Bonchev–Trinajstić information content (AvgIpc) is 2.41. The van der Waals surface area contributed by atoms with Crippen molar-refractivity contribution in [3.05, 3.63) is 0 Å². The Bertz CT molecular complexity index is 373. The van der Waals surface area contributed by atoms with E-state index in [1.807, 2.05) is 0 Å². The lowest BCUT2D eigenvalue weighted by molar-refractivity contribution is -0.137. The Kier molecular flexibility index (Phi) is 7.56. The molecule has 0 spiro atoms. The molecule has 0 aromatic heterocycles. The van der Waals surface area contributed by atoms with Crippen molar-refractivity contribution in [2.24, 2.45) is 0 Å². The zero-order valence-corrected chi connectivity index (χ0v) is 12.6. The number of carbonyl (C=O) groups is 3. The minimum Gasteiger partial charge on any atom is -0.481 e. The van der Waals surface area contributed by atoms with Crippen molar-refractivity contribution >= 4 is 17.9 Å². The van der Waals surface area contributed by atoms with Gasteiger partial charge in [0.05, 0.1) is 0 Å². The third kappa shape index (κ3) is 7.53. The number of nitrogens with zero attached hydrogens (tertiary/aromatic N) is 1. The highest BCUT2D eigenvalue weighted by Gasteiger charge is 2.23. The van der Waals surface area contributed by atoms with Gasteiger partial charge in [0.25, 0.3) is 0 Å². The summed E-state index contributed by atoms with van der Waals surface area (Å²) in [7, 11) is 1.74. The van der Waals surface area contributed by atoms with Crippen LogP contribution in [-0.4, -0.2) is 54.1 Å². The first-order valence-electron chi connectivity index (χ1n) is 7.49. The molecule has 1 fully saturated rings. The molecule has 120 valence electrons. The number of piperidine rings is 1. The van der Waals surface area contributed by atoms with Crippen molar-refractivity contribution in [3.8, 4) is 0 Å². The number of carbonyl (C=O) groups excluding carboxylic acids is 2. The Balaban J connectivity index is 2.01. The predicted molar refractivity (Wildman–Crippen MR) is 77.9 cm³/mol. The summed E-state index contributed by atoms with van der Waals surface area (Å²) in [4.78, 5) is 35.0. The van der Waals surface area contributed by atoms with Crippen molar-refractivity contribution < 1.29 is 19.5 Å². The Morgan fingerprint density at radius 1 is 1.29 bits per heavy atom. The second-order valence-corrected chi connectivity index (χ2v) is 5.47. The molecule has 0 aromatic carbocycles. The molecular weight excluding hydrogens is 274 g/mol. The van der Waals surface area contributed by atoms with Gasteiger partial charge in [-0.15, -0.1) is 0 Å². The number of carboxylic acid groups (broad SMARTS) is 1. The van der Waals surface area contributed by atoms with Gasteiger partial charge >= 0.3 is 12.0 Å². The molecule has 0 aliphatic carbocycles. The van der Waals surface area contributed by atoms with Crippen LogP contribution >= 0.6 is 0 Å². The standard InChI is InChI=1S/C14H25N3O4/c1-17-10-11(7-8-12(17)18)16-14(21)15-9-5-3-2-4-6-13(19)20/h11H,2-10H2,1H3,(H,19,20)(H2,15,16,21). The topological polar surface area (TPSA) is 98.7 Å². The van der Waals surface area contributed by atoms with E-state index in [-0.39, 0.29) is 24.4 Å². The highest BCUT2D eigenvalue weighted by Crippen LogP contribution is 2.09. The van der Waals surface area contributed by atoms with Gasteiger partial charge in [0.15, 0.2) is 0 Å². The highest BCUT2D eigenvalue weighted by atomic mass is 16.4. The number of rotatable bonds is 8. The summed E-state index contributed by atoms with van der Waals surface area (Å²) >= 11 is 0. The second-order valence-electron chi connectivity index (χ2n) is 5.47. The largest absolute Gasteiger partial charge is 0.481 e. The molecule has 1 heterocycles. The quantitative estimate of drug-likeness (QED) is 0.581. The van der Waals surface area contributed by atoms with E-state index in [0.717, 1.165) is 19.3 Å². The van der Waals surface area contributed by atoms with Crippen molar-refractivity contribution in [1.29, 1.82) is 0 Å². The van der Waals surface area contributed by atoms with Crippen molar-refractivity contribution in [1.82, 2.24) is 15.5 Å². The fraction of sp³-hybridized carbons (Fsp3) is 0.786. The molecule has 0 aromatic rings. The molecule has 1 aliphatic rings. The summed E-state index contributed by atoms with van der Waals surface area (Å²) in [5.41, 5.74) is 0. The highest BCUT2D eigenvalue weighted by molar-refractivity contribution is 5.78. The minimum absolute atomic E-state index is 0.0169. The van der Waals surface area contributed by atoms with Gasteiger partial charge in [-0.1, -0.05) is 12.8 Å². The lowest BCUT2D eigenvalue weighted by Crippen LogP contribution is -2.51. The molecule has 21 heavy (non-hydrogen) atoms. The maximum Gasteiger partial charge on any atom is 0.315 e. The molecular formula is C14H25N3O4. The summed E-state index contributed by atoms with van der Waals surface area (Å²) < 4.78 is 0. The smallest absolute Gasteiger partial charge is 0.315 e. The maximum absolute atomic E-state index is 11.7. The van der Waals surface area contributed by atoms with Gasteiger partial charge in [-0.2, -0.15) is 0 Å². The summed E-state index contributed by atoms with van der Waals surface area (Å²) in [5, 5.41) is 14.1. The van der Waals surface area contributed by atoms with Crippen LogP contribution in [0, 0.1) is 0 Å². The Hall–Kier alpha value is -1.79. The lowest BCUT2D eigenvalue weighted by Gasteiger charge is -2.30. The second kappa shape index (κ2) is 9.20. The number of unbranched alkanes of at least 4 members (excludes halogenated alkanes) is 3. The van der Waals surface area contributed by atoms with Gasteiger partial charge in [0.2, 0.25) is 5.91 Å². The van der Waals surface area contributed by atoms with Crippen LogP contribution in [0.2, 0.25) is 0 Å². The number of hydrogen-bond donors (Lipinski definition) is 3. The predicted octanol–water partition coefficient (Wildman–Crippen LogP) is 0.941. The summed E-state index contributed by atoms with van der Waals surface area (Å²) in [5.74, 6) is -0.641. The van der Waals surface area contributed by atoms with Crippen molar-refractivity contribution in [3.63, 3.8) is 0 Å². The van der Waals surface area contributed by atoms with E-state index in [1.54, 1.807) is 11.9 Å². The van der Waals surface area contributed by atoms with Gasteiger partial charge in [0, 0.05) is 39.0 Å². The number of hydrogen-bond acceptors (Lipinski definition) is 3. The van der Waals surface area contributed by atoms with Crippen LogP contribution in [0.1, 0.15) is 44.9 Å². The first-order valence-corrected chi connectivity index (χ1v) is 7.49. The molecule has 0 bridgehead atoms. The van der Waals surface area contributed by atoms with E-state index in [0.29, 0.717) is 32.4 Å². The molecule has 7 nitrogen and oxygen atoms in total. The molecule has 7 heteroatoms. The zero-order valence-electron chi connectivity index (χ0n) is 12.6. The van der Waals surface area contributed by atoms with Gasteiger partial charge in [0.1, 0.15) is 0 Å². The van der Waals surface area contributed by atoms with Crippen LogP contribution in [-0.2, 0) is 9.59 Å². The molecule has 0 radical (unpaired) electrons. The fourth-order valence-electron chi connectivity index (χ4n) is 2.32. The number of likely N-dealkylation sites (N-methyl/N-ethyl adjacent to an activating group) is 1. The molecule has 1 saturated heterocycles. The fourth-order valence-corrected chi connectivity index (χ4v) is 2.32. The van der Waals surface area contributed by atoms with Crippen LogP contribution in [0.5, 0.6) is 0 Å². The molecule has 3 amide bonds. The van der Waals surface area contributed by atoms with Gasteiger partial charge < -0.3 is 20.6 Å². The lowest BCUT2D eigenvalue weighted by atomic mass is 10.1. The molecule has 1 rings (SSSR count). The van der Waals surface area contributed by atoms with Crippen LogP contribution < -0.4 is 10.6 Å². The van der Waals surface area contributed by atoms with Crippen LogP contribution in [0.3, 0.4) is 0 Å². The van der Waals surface area contributed by atoms with E-state index >= 15 is 0 Å². The van der Waals surface area contributed by atoms with Gasteiger partial charge in [-0.05, 0) is 19.3 Å². The molecule has 1 atom stereocenters. The van der Waals surface area contributed by atoms with Crippen molar-refractivity contribution in [2.45, 2.75) is 51.0 Å². The first kappa shape index (κ1) is 17.3. The number of urea groups is 1. The van der Waals surface area contributed by atoms with E-state index in [2.05, 4.69) is 10.6 Å². The van der Waals surface area contributed by atoms with Crippen molar-refractivity contribution in [2.75, 3.05) is 20.1 Å². The molecule has 3 N–H and O–H groups in total. The van der Waals surface area contributed by atoms with E-state index in [4.69, 9.17) is 5.11 Å². The van der Waals surface area contributed by atoms with Crippen LogP contribution in [0.25, 0.3) is 0 Å². The Morgan fingerprint density at radius 2 is 2.00 bits per heavy atom. The number of likely N-dealkylation sites (tertiary alicyclic amines) is 1.